The first-order valence-corrected chi connectivity index (χ1v) is 11.2. The highest BCUT2D eigenvalue weighted by Crippen LogP contribution is 2.40. The van der Waals surface area contributed by atoms with Gasteiger partial charge in [0.05, 0.1) is 5.69 Å². The van der Waals surface area contributed by atoms with Crippen LogP contribution in [0.5, 0.6) is 5.75 Å². The van der Waals surface area contributed by atoms with Gasteiger partial charge >= 0.3 is 0 Å². The van der Waals surface area contributed by atoms with Gasteiger partial charge in [0.1, 0.15) is 17.9 Å². The summed E-state index contributed by atoms with van der Waals surface area (Å²) in [5.74, 6) is 1.02. The van der Waals surface area contributed by atoms with Crippen molar-refractivity contribution in [1.29, 1.82) is 0 Å². The number of aromatic hydroxyl groups is 1. The van der Waals surface area contributed by atoms with E-state index in [1.807, 2.05) is 18.2 Å². The second-order valence-electron chi connectivity index (χ2n) is 8.21. The molecule has 4 rings (SSSR count). The van der Waals surface area contributed by atoms with E-state index in [9.17, 15) is 5.11 Å². The number of thiocarbonyl (C=S) groups is 1. The Morgan fingerprint density at radius 1 is 1.03 bits per heavy atom. The van der Waals surface area contributed by atoms with E-state index in [-0.39, 0.29) is 5.75 Å². The van der Waals surface area contributed by atoms with Crippen LogP contribution in [0, 0.1) is 13.8 Å². The SMILES string of the molecule is Cc1cccc(C)c1NC(=S)NC1CC1c1ccc(C(N)=NC=Nc2ccc(O)cc2)cc1. The van der Waals surface area contributed by atoms with Crippen LogP contribution in [0.4, 0.5) is 11.4 Å². The number of nitrogens with zero attached hydrogens (tertiary/aromatic N) is 2. The Labute approximate surface area is 199 Å². The van der Waals surface area contributed by atoms with Gasteiger partial charge in [0.25, 0.3) is 0 Å². The number of rotatable bonds is 6. The van der Waals surface area contributed by atoms with E-state index in [0.29, 0.717) is 28.6 Å². The highest BCUT2D eigenvalue weighted by atomic mass is 32.1. The largest absolute Gasteiger partial charge is 0.508 e. The van der Waals surface area contributed by atoms with Crippen molar-refractivity contribution < 1.29 is 5.11 Å². The number of phenols is 1. The molecule has 0 saturated heterocycles. The molecule has 33 heavy (non-hydrogen) atoms. The number of hydrogen-bond acceptors (Lipinski definition) is 3. The van der Waals surface area contributed by atoms with Crippen LogP contribution in [0.25, 0.3) is 0 Å². The van der Waals surface area contributed by atoms with Crippen LogP contribution in [0.15, 0.2) is 76.7 Å². The number of amidine groups is 1. The van der Waals surface area contributed by atoms with E-state index >= 15 is 0 Å². The second-order valence-corrected chi connectivity index (χ2v) is 8.62. The molecule has 0 aliphatic heterocycles. The molecule has 0 radical (unpaired) electrons. The van der Waals surface area contributed by atoms with E-state index in [2.05, 4.69) is 58.7 Å². The highest BCUT2D eigenvalue weighted by molar-refractivity contribution is 7.80. The Bertz CT molecular complexity index is 1180. The maximum atomic E-state index is 9.31. The quantitative estimate of drug-likeness (QED) is 0.239. The topological polar surface area (TPSA) is 95.0 Å². The minimum Gasteiger partial charge on any atom is -0.508 e. The molecule has 0 spiro atoms. The fourth-order valence-corrected chi connectivity index (χ4v) is 3.98. The molecule has 5 N–H and O–H groups in total. The lowest BCUT2D eigenvalue weighted by atomic mass is 10.1. The summed E-state index contributed by atoms with van der Waals surface area (Å²) in [5, 5.41) is 16.7. The summed E-state index contributed by atoms with van der Waals surface area (Å²) < 4.78 is 0. The molecular weight excluding hydrogens is 430 g/mol. The van der Waals surface area contributed by atoms with Crippen molar-refractivity contribution >= 4 is 40.9 Å². The molecule has 0 bridgehead atoms. The molecule has 0 heterocycles. The van der Waals surface area contributed by atoms with E-state index < -0.39 is 0 Å². The predicted octanol–water partition coefficient (Wildman–Crippen LogP) is 4.92. The number of nitrogens with two attached hydrogens (primary N) is 1. The number of nitrogens with one attached hydrogen (secondary N) is 2. The van der Waals surface area contributed by atoms with Crippen molar-refractivity contribution in [2.75, 3.05) is 5.32 Å². The normalized spacial score (nSPS) is 17.7. The number of phenolic OH excluding ortho intramolecular Hbond substituents is 1. The number of para-hydroxylation sites is 1. The zero-order chi connectivity index (χ0) is 23.4. The zero-order valence-electron chi connectivity index (χ0n) is 18.6. The maximum absolute atomic E-state index is 9.31. The van der Waals surface area contributed by atoms with Gasteiger partial charge in [-0.15, -0.1) is 0 Å². The van der Waals surface area contributed by atoms with Gasteiger partial charge in [0.2, 0.25) is 0 Å². The first kappa shape index (κ1) is 22.5. The van der Waals surface area contributed by atoms with Crippen LogP contribution in [0.3, 0.4) is 0 Å². The van der Waals surface area contributed by atoms with Crippen LogP contribution in [-0.2, 0) is 0 Å². The van der Waals surface area contributed by atoms with Crippen LogP contribution >= 0.6 is 12.2 Å². The lowest BCUT2D eigenvalue weighted by Gasteiger charge is -2.14. The summed E-state index contributed by atoms with van der Waals surface area (Å²) in [6, 6.07) is 21.2. The summed E-state index contributed by atoms with van der Waals surface area (Å²) in [4.78, 5) is 8.43. The minimum atomic E-state index is 0.199. The molecule has 1 aliphatic rings. The van der Waals surface area contributed by atoms with E-state index in [4.69, 9.17) is 18.0 Å². The average Bonchev–Trinajstić information content (AvgIpc) is 3.56. The van der Waals surface area contributed by atoms with Gasteiger partial charge in [-0.1, -0.05) is 42.5 Å². The molecule has 1 aliphatic carbocycles. The Morgan fingerprint density at radius 2 is 1.70 bits per heavy atom. The van der Waals surface area contributed by atoms with E-state index in [0.717, 1.165) is 17.7 Å². The number of aryl methyl sites for hydroxylation is 2. The third-order valence-corrected chi connectivity index (χ3v) is 5.93. The number of hydrogen-bond donors (Lipinski definition) is 4. The van der Waals surface area contributed by atoms with Gasteiger partial charge in [-0.3, -0.25) is 0 Å². The van der Waals surface area contributed by atoms with E-state index in [1.54, 1.807) is 24.3 Å². The number of aliphatic imine (C=N–C) groups is 2. The molecule has 168 valence electrons. The van der Waals surface area contributed by atoms with Crippen molar-refractivity contribution in [1.82, 2.24) is 5.32 Å². The molecule has 6 nitrogen and oxygen atoms in total. The molecule has 0 aromatic heterocycles. The van der Waals surface area contributed by atoms with Gasteiger partial charge in [0, 0.05) is 23.2 Å². The fourth-order valence-electron chi connectivity index (χ4n) is 3.72. The van der Waals surface area contributed by atoms with Gasteiger partial charge in [-0.2, -0.15) is 0 Å². The Kier molecular flexibility index (Phi) is 6.70. The molecule has 0 amide bonds. The van der Waals surface area contributed by atoms with Gasteiger partial charge in [-0.25, -0.2) is 9.98 Å². The van der Waals surface area contributed by atoms with Gasteiger partial charge < -0.3 is 21.5 Å². The first-order valence-electron chi connectivity index (χ1n) is 10.8. The number of benzene rings is 3. The van der Waals surface area contributed by atoms with Crippen molar-refractivity contribution in [3.8, 4) is 5.75 Å². The third-order valence-electron chi connectivity index (χ3n) is 5.71. The molecule has 1 fully saturated rings. The van der Waals surface area contributed by atoms with Gasteiger partial charge in [0.15, 0.2) is 5.11 Å². The Hall–Kier alpha value is -3.71. The van der Waals surface area contributed by atoms with Crippen molar-refractivity contribution in [2.45, 2.75) is 32.2 Å². The molecule has 7 heteroatoms. The lowest BCUT2D eigenvalue weighted by molar-refractivity contribution is 0.475. The molecule has 2 atom stereocenters. The van der Waals surface area contributed by atoms with Gasteiger partial charge in [-0.05, 0) is 73.4 Å². The maximum Gasteiger partial charge on any atom is 0.171 e. The highest BCUT2D eigenvalue weighted by Gasteiger charge is 2.38. The van der Waals surface area contributed by atoms with Crippen molar-refractivity contribution in [3.05, 3.63) is 89.0 Å². The Morgan fingerprint density at radius 3 is 2.36 bits per heavy atom. The molecular formula is C26H27N5OS. The summed E-state index contributed by atoms with van der Waals surface area (Å²) in [6.07, 6.45) is 2.46. The molecule has 2 unspecified atom stereocenters. The fraction of sp³-hybridized carbons (Fsp3) is 0.192. The molecule has 1 saturated carbocycles. The summed E-state index contributed by atoms with van der Waals surface area (Å²) in [6.45, 7) is 4.15. The molecule has 3 aromatic carbocycles. The van der Waals surface area contributed by atoms with Crippen molar-refractivity contribution in [3.63, 3.8) is 0 Å². The zero-order valence-corrected chi connectivity index (χ0v) is 19.4. The second kappa shape index (κ2) is 9.83. The average molecular weight is 458 g/mol. The summed E-state index contributed by atoms with van der Waals surface area (Å²) >= 11 is 5.53. The standard InChI is InChI=1S/C26H27N5OS/c1-16-4-3-5-17(2)24(16)31-26(33)30-23-14-22(23)18-6-8-19(9-7-18)25(27)29-15-28-20-10-12-21(32)13-11-20/h3-13,15,22-23,32H,14H2,1-2H3,(H2,27,28,29)(H2,30,31,33). The first-order chi connectivity index (χ1) is 15.9. The van der Waals surface area contributed by atoms with Crippen LogP contribution < -0.4 is 16.4 Å². The summed E-state index contributed by atoms with van der Waals surface area (Å²) in [5.41, 5.74) is 12.3. The summed E-state index contributed by atoms with van der Waals surface area (Å²) in [7, 11) is 0. The van der Waals surface area contributed by atoms with E-state index in [1.165, 1.54) is 23.0 Å². The Balaban J connectivity index is 1.31. The molecule has 3 aromatic rings. The number of anilines is 1. The third kappa shape index (κ3) is 5.75. The smallest absolute Gasteiger partial charge is 0.171 e. The minimum absolute atomic E-state index is 0.199. The van der Waals surface area contributed by atoms with Crippen LogP contribution in [-0.4, -0.2) is 28.4 Å². The van der Waals surface area contributed by atoms with Crippen molar-refractivity contribution in [2.24, 2.45) is 15.7 Å². The predicted molar refractivity (Wildman–Crippen MR) is 140 cm³/mol. The lowest BCUT2D eigenvalue weighted by Crippen LogP contribution is -2.31. The monoisotopic (exact) mass is 457 g/mol. The van der Waals surface area contributed by atoms with Crippen LogP contribution in [0.1, 0.15) is 34.6 Å². The van der Waals surface area contributed by atoms with Crippen LogP contribution in [0.2, 0.25) is 0 Å².